The van der Waals surface area contributed by atoms with E-state index in [1.165, 1.54) is 6.42 Å². The summed E-state index contributed by atoms with van der Waals surface area (Å²) in [5.74, 6) is -0.866. The Kier molecular flexibility index (Phi) is 7.87. The molecule has 2 aromatic carbocycles. The van der Waals surface area contributed by atoms with Crippen LogP contribution < -0.4 is 0 Å². The standard InChI is InChI=1S/C24H31NO3.ClH/c1-17-7-12-20(23(26)27)21(15-17)18-8-10-19(11-9-18)22(16-25(2)3)24(28)13-5-4-6-14-24;/h7-12,15,22,28H,4-6,13-14,16H2,1-3H3,(H,26,27);1H. The van der Waals surface area contributed by atoms with Crippen molar-refractivity contribution in [2.75, 3.05) is 20.6 Å². The zero-order valence-corrected chi connectivity index (χ0v) is 18.3. The number of carbonyl (C=O) groups is 1. The van der Waals surface area contributed by atoms with Crippen molar-refractivity contribution < 1.29 is 15.0 Å². The normalized spacial score (nSPS) is 16.9. The monoisotopic (exact) mass is 417 g/mol. The first-order valence-electron chi connectivity index (χ1n) is 10.1. The van der Waals surface area contributed by atoms with Gasteiger partial charge in [-0.15, -0.1) is 12.4 Å². The molecular weight excluding hydrogens is 386 g/mol. The van der Waals surface area contributed by atoms with E-state index in [4.69, 9.17) is 0 Å². The molecule has 0 aliphatic heterocycles. The predicted molar refractivity (Wildman–Crippen MR) is 120 cm³/mol. The van der Waals surface area contributed by atoms with Crippen LogP contribution in [0.25, 0.3) is 11.1 Å². The molecule has 0 bridgehead atoms. The number of aliphatic hydroxyl groups is 1. The van der Waals surface area contributed by atoms with Crippen LogP contribution in [0.4, 0.5) is 0 Å². The van der Waals surface area contributed by atoms with Gasteiger partial charge < -0.3 is 15.1 Å². The number of nitrogens with zero attached hydrogens (tertiary/aromatic N) is 1. The first-order chi connectivity index (χ1) is 13.3. The summed E-state index contributed by atoms with van der Waals surface area (Å²) < 4.78 is 0. The van der Waals surface area contributed by atoms with Gasteiger partial charge in [0.2, 0.25) is 0 Å². The average molecular weight is 418 g/mol. The van der Waals surface area contributed by atoms with E-state index in [0.717, 1.165) is 54.5 Å². The van der Waals surface area contributed by atoms with Crippen molar-refractivity contribution in [1.82, 2.24) is 4.90 Å². The van der Waals surface area contributed by atoms with Crippen molar-refractivity contribution in [2.45, 2.75) is 50.5 Å². The number of hydrogen-bond acceptors (Lipinski definition) is 3. The Bertz CT molecular complexity index is 827. The fourth-order valence-electron chi connectivity index (χ4n) is 4.44. The quantitative estimate of drug-likeness (QED) is 0.684. The third kappa shape index (κ3) is 5.39. The Labute approximate surface area is 180 Å². The summed E-state index contributed by atoms with van der Waals surface area (Å²) in [6, 6.07) is 13.5. The lowest BCUT2D eigenvalue weighted by Crippen LogP contribution is -2.42. The maximum Gasteiger partial charge on any atom is 0.336 e. The second-order valence-corrected chi connectivity index (χ2v) is 8.46. The van der Waals surface area contributed by atoms with Crippen LogP contribution in [-0.4, -0.2) is 47.3 Å². The fraction of sp³-hybridized carbons (Fsp3) is 0.458. The molecule has 1 aliphatic rings. The van der Waals surface area contributed by atoms with E-state index in [9.17, 15) is 15.0 Å². The molecule has 1 aliphatic carbocycles. The number of likely N-dealkylation sites (N-methyl/N-ethyl adjacent to an activating group) is 1. The highest BCUT2D eigenvalue weighted by molar-refractivity contribution is 5.96. The highest BCUT2D eigenvalue weighted by Gasteiger charge is 2.38. The van der Waals surface area contributed by atoms with E-state index in [2.05, 4.69) is 17.0 Å². The van der Waals surface area contributed by atoms with E-state index >= 15 is 0 Å². The van der Waals surface area contributed by atoms with Crippen LogP contribution in [-0.2, 0) is 0 Å². The van der Waals surface area contributed by atoms with Gasteiger partial charge in [0.05, 0.1) is 11.2 Å². The molecule has 2 N–H and O–H groups in total. The van der Waals surface area contributed by atoms with Crippen molar-refractivity contribution in [3.63, 3.8) is 0 Å². The number of carboxylic acid groups (broad SMARTS) is 1. The van der Waals surface area contributed by atoms with Gasteiger partial charge in [0, 0.05) is 12.5 Å². The van der Waals surface area contributed by atoms with Gasteiger partial charge in [-0.3, -0.25) is 0 Å². The molecule has 2 aromatic rings. The van der Waals surface area contributed by atoms with E-state index in [1.54, 1.807) is 6.07 Å². The summed E-state index contributed by atoms with van der Waals surface area (Å²) in [6.45, 7) is 2.76. The van der Waals surface area contributed by atoms with E-state index in [-0.39, 0.29) is 18.3 Å². The first kappa shape index (κ1) is 23.4. The molecule has 1 fully saturated rings. The number of halogens is 1. The molecule has 1 unspecified atom stereocenters. The summed E-state index contributed by atoms with van der Waals surface area (Å²) in [4.78, 5) is 13.7. The lowest BCUT2D eigenvalue weighted by Gasteiger charge is -2.41. The summed E-state index contributed by atoms with van der Waals surface area (Å²) in [5, 5.41) is 20.9. The van der Waals surface area contributed by atoms with Crippen LogP contribution in [0.5, 0.6) is 0 Å². The van der Waals surface area contributed by atoms with E-state index in [0.29, 0.717) is 5.56 Å². The highest BCUT2D eigenvalue weighted by Crippen LogP contribution is 2.40. The van der Waals surface area contributed by atoms with Gasteiger partial charge in [0.25, 0.3) is 0 Å². The summed E-state index contributed by atoms with van der Waals surface area (Å²) in [6.07, 6.45) is 5.03. The molecule has 4 nitrogen and oxygen atoms in total. The minimum atomic E-state index is -0.916. The van der Waals surface area contributed by atoms with Gasteiger partial charge in [-0.1, -0.05) is 61.2 Å². The first-order valence-corrected chi connectivity index (χ1v) is 10.1. The zero-order chi connectivity index (χ0) is 20.3. The third-order valence-electron chi connectivity index (χ3n) is 5.95. The largest absolute Gasteiger partial charge is 0.478 e. The molecule has 3 rings (SSSR count). The zero-order valence-electron chi connectivity index (χ0n) is 17.5. The van der Waals surface area contributed by atoms with Crippen molar-refractivity contribution in [1.29, 1.82) is 0 Å². The van der Waals surface area contributed by atoms with Crippen LogP contribution in [0.2, 0.25) is 0 Å². The summed E-state index contributed by atoms with van der Waals surface area (Å²) in [5.41, 5.74) is 3.43. The van der Waals surface area contributed by atoms with Crippen LogP contribution in [0.15, 0.2) is 42.5 Å². The molecule has 0 aromatic heterocycles. The highest BCUT2D eigenvalue weighted by atomic mass is 35.5. The van der Waals surface area contributed by atoms with Crippen molar-refractivity contribution in [2.24, 2.45) is 0 Å². The molecule has 29 heavy (non-hydrogen) atoms. The lowest BCUT2D eigenvalue weighted by atomic mass is 9.72. The maximum atomic E-state index is 11.6. The molecule has 0 heterocycles. The molecule has 0 spiro atoms. The minimum absolute atomic E-state index is 0. The predicted octanol–water partition coefficient (Wildman–Crippen LogP) is 5.12. The van der Waals surface area contributed by atoms with Crippen molar-refractivity contribution in [3.8, 4) is 11.1 Å². The van der Waals surface area contributed by atoms with Gasteiger partial charge in [-0.05, 0) is 56.6 Å². The second-order valence-electron chi connectivity index (χ2n) is 8.46. The van der Waals surface area contributed by atoms with E-state index < -0.39 is 11.6 Å². The number of hydrogen-bond donors (Lipinski definition) is 2. The number of aromatic carboxylic acids is 1. The van der Waals surface area contributed by atoms with Crippen LogP contribution >= 0.6 is 12.4 Å². The number of benzene rings is 2. The molecule has 0 saturated heterocycles. The Morgan fingerprint density at radius 2 is 1.69 bits per heavy atom. The Hall–Kier alpha value is -1.88. The summed E-state index contributed by atoms with van der Waals surface area (Å²) >= 11 is 0. The van der Waals surface area contributed by atoms with Crippen LogP contribution in [0.1, 0.15) is 59.5 Å². The smallest absolute Gasteiger partial charge is 0.336 e. The van der Waals surface area contributed by atoms with Crippen LogP contribution in [0, 0.1) is 6.92 Å². The Morgan fingerprint density at radius 3 is 2.24 bits per heavy atom. The van der Waals surface area contributed by atoms with Gasteiger partial charge in [0.1, 0.15) is 0 Å². The molecule has 1 saturated carbocycles. The number of carboxylic acids is 1. The topological polar surface area (TPSA) is 60.8 Å². The fourth-order valence-corrected chi connectivity index (χ4v) is 4.44. The third-order valence-corrected chi connectivity index (χ3v) is 5.95. The lowest BCUT2D eigenvalue weighted by molar-refractivity contribution is -0.0277. The summed E-state index contributed by atoms with van der Waals surface area (Å²) in [7, 11) is 4.08. The number of rotatable bonds is 6. The van der Waals surface area contributed by atoms with Crippen molar-refractivity contribution >= 4 is 18.4 Å². The van der Waals surface area contributed by atoms with Crippen molar-refractivity contribution in [3.05, 3.63) is 59.2 Å². The van der Waals surface area contributed by atoms with E-state index in [1.807, 2.05) is 45.3 Å². The van der Waals surface area contributed by atoms with Gasteiger partial charge in [0.15, 0.2) is 0 Å². The molecule has 1 atom stereocenters. The molecular formula is C24H32ClNO3. The average Bonchev–Trinajstić information content (AvgIpc) is 2.66. The SMILES string of the molecule is Cc1ccc(C(=O)O)c(-c2ccc(C(CN(C)C)C3(O)CCCCC3)cc2)c1.Cl. The molecule has 158 valence electrons. The second kappa shape index (κ2) is 9.75. The van der Waals surface area contributed by atoms with Gasteiger partial charge >= 0.3 is 5.97 Å². The maximum absolute atomic E-state index is 11.6. The van der Waals surface area contributed by atoms with Gasteiger partial charge in [-0.25, -0.2) is 4.79 Å². The van der Waals surface area contributed by atoms with Crippen LogP contribution in [0.3, 0.4) is 0 Å². The minimum Gasteiger partial charge on any atom is -0.478 e. The molecule has 5 heteroatoms. The Balaban J connectivity index is 0.00000300. The van der Waals surface area contributed by atoms with Gasteiger partial charge in [-0.2, -0.15) is 0 Å². The number of aryl methyl sites for hydroxylation is 1. The molecule has 0 amide bonds. The Morgan fingerprint density at radius 1 is 1.07 bits per heavy atom. The molecule has 0 radical (unpaired) electrons.